The van der Waals surface area contributed by atoms with Gasteiger partial charge in [-0.3, -0.25) is 9.78 Å². The number of nitrogens with one attached hydrogen (secondary N) is 2. The Morgan fingerprint density at radius 1 is 1.29 bits per heavy atom. The maximum Gasteiger partial charge on any atom is 0.255 e. The molecule has 0 bridgehead atoms. The van der Waals surface area contributed by atoms with E-state index in [1.54, 1.807) is 36.3 Å². The third kappa shape index (κ3) is 4.26. The first kappa shape index (κ1) is 20.5. The highest BCUT2D eigenvalue weighted by atomic mass is 16.5. The SMILES string of the molecule is COc1ccc([C@H]2C(C(=O)Nc3cccnc3)=C(C)Nc3nc(CCCO)nn32)cc1. The third-order valence-corrected chi connectivity index (χ3v) is 5.05. The van der Waals surface area contributed by atoms with Crippen LogP contribution in [0.3, 0.4) is 0 Å². The largest absolute Gasteiger partial charge is 0.497 e. The number of rotatable bonds is 7. The first-order chi connectivity index (χ1) is 15.1. The number of aliphatic hydroxyl groups excluding tert-OH is 1. The number of carbonyl (C=O) groups excluding carboxylic acids is 1. The number of methoxy groups -OCH3 is 1. The molecule has 0 unspecified atom stereocenters. The summed E-state index contributed by atoms with van der Waals surface area (Å²) in [5.41, 5.74) is 2.70. The van der Waals surface area contributed by atoms with Gasteiger partial charge in [-0.1, -0.05) is 12.1 Å². The second-order valence-electron chi connectivity index (χ2n) is 7.16. The van der Waals surface area contributed by atoms with Crippen LogP contribution in [0.15, 0.2) is 60.1 Å². The Morgan fingerprint density at radius 3 is 2.77 bits per heavy atom. The molecule has 0 spiro atoms. The maximum absolute atomic E-state index is 13.3. The summed E-state index contributed by atoms with van der Waals surface area (Å²) in [6.45, 7) is 1.91. The molecule has 0 saturated carbocycles. The van der Waals surface area contributed by atoms with Crippen molar-refractivity contribution in [1.29, 1.82) is 0 Å². The topological polar surface area (TPSA) is 114 Å². The van der Waals surface area contributed by atoms with Crippen LogP contribution in [0.4, 0.5) is 11.6 Å². The Balaban J connectivity index is 1.75. The summed E-state index contributed by atoms with van der Waals surface area (Å²) in [7, 11) is 1.61. The summed E-state index contributed by atoms with van der Waals surface area (Å²) in [5, 5.41) is 19.9. The summed E-state index contributed by atoms with van der Waals surface area (Å²) in [6.07, 6.45) is 4.36. The summed E-state index contributed by atoms with van der Waals surface area (Å²) in [6, 6.07) is 10.6. The lowest BCUT2D eigenvalue weighted by atomic mass is 9.95. The fourth-order valence-corrected chi connectivity index (χ4v) is 3.56. The Bertz CT molecular complexity index is 1090. The predicted molar refractivity (Wildman–Crippen MR) is 116 cm³/mol. The molecule has 3 N–H and O–H groups in total. The van der Waals surface area contributed by atoms with E-state index in [1.165, 1.54) is 0 Å². The quantitative estimate of drug-likeness (QED) is 0.538. The number of aromatic nitrogens is 4. The van der Waals surface area contributed by atoms with Gasteiger partial charge in [0.15, 0.2) is 5.82 Å². The van der Waals surface area contributed by atoms with Gasteiger partial charge < -0.3 is 20.5 Å². The van der Waals surface area contributed by atoms with Crippen molar-refractivity contribution in [2.24, 2.45) is 0 Å². The zero-order valence-corrected chi connectivity index (χ0v) is 17.4. The zero-order chi connectivity index (χ0) is 21.8. The number of allylic oxidation sites excluding steroid dienone is 1. The highest BCUT2D eigenvalue weighted by molar-refractivity contribution is 6.05. The monoisotopic (exact) mass is 420 g/mol. The molecule has 1 aliphatic rings. The average Bonchev–Trinajstić information content (AvgIpc) is 3.19. The molecule has 0 fully saturated rings. The summed E-state index contributed by atoms with van der Waals surface area (Å²) in [4.78, 5) is 21.9. The molecule has 160 valence electrons. The van der Waals surface area contributed by atoms with Crippen molar-refractivity contribution in [3.8, 4) is 5.75 Å². The van der Waals surface area contributed by atoms with Crippen LogP contribution in [-0.4, -0.2) is 44.5 Å². The minimum atomic E-state index is -0.478. The molecular formula is C22H24N6O3. The fraction of sp³-hybridized carbons (Fsp3) is 0.273. The summed E-state index contributed by atoms with van der Waals surface area (Å²) in [5.74, 6) is 1.64. The third-order valence-electron chi connectivity index (χ3n) is 5.05. The molecular weight excluding hydrogens is 396 g/mol. The van der Waals surface area contributed by atoms with Gasteiger partial charge in [-0.15, -0.1) is 0 Å². The van der Waals surface area contributed by atoms with Crippen molar-refractivity contribution in [2.75, 3.05) is 24.4 Å². The van der Waals surface area contributed by atoms with Crippen molar-refractivity contribution in [1.82, 2.24) is 19.7 Å². The number of nitrogens with zero attached hydrogens (tertiary/aromatic N) is 4. The van der Waals surface area contributed by atoms with Crippen LogP contribution in [0.1, 0.15) is 30.8 Å². The molecule has 4 rings (SSSR count). The highest BCUT2D eigenvalue weighted by Crippen LogP contribution is 2.36. The number of hydrogen-bond donors (Lipinski definition) is 3. The van der Waals surface area contributed by atoms with Crippen LogP contribution in [0, 0.1) is 0 Å². The van der Waals surface area contributed by atoms with Crippen molar-refractivity contribution in [2.45, 2.75) is 25.8 Å². The van der Waals surface area contributed by atoms with E-state index in [1.807, 2.05) is 31.2 Å². The van der Waals surface area contributed by atoms with Crippen molar-refractivity contribution < 1.29 is 14.6 Å². The van der Waals surface area contributed by atoms with Gasteiger partial charge in [-0.2, -0.15) is 10.1 Å². The Morgan fingerprint density at radius 2 is 2.10 bits per heavy atom. The molecule has 1 aliphatic heterocycles. The van der Waals surface area contributed by atoms with E-state index in [4.69, 9.17) is 9.84 Å². The molecule has 3 heterocycles. The number of aliphatic hydroxyl groups is 1. The van der Waals surface area contributed by atoms with Crippen LogP contribution < -0.4 is 15.4 Å². The number of fused-ring (bicyclic) bond motifs is 1. The molecule has 1 atom stereocenters. The van der Waals surface area contributed by atoms with Gasteiger partial charge in [0, 0.05) is 24.9 Å². The van der Waals surface area contributed by atoms with E-state index in [9.17, 15) is 4.79 Å². The Labute approximate surface area is 179 Å². The number of hydrogen-bond acceptors (Lipinski definition) is 7. The minimum Gasteiger partial charge on any atom is -0.497 e. The average molecular weight is 420 g/mol. The molecule has 9 heteroatoms. The molecule has 1 amide bonds. The molecule has 0 radical (unpaired) electrons. The van der Waals surface area contributed by atoms with Gasteiger partial charge in [-0.05, 0) is 43.2 Å². The Hall–Kier alpha value is -3.72. The number of amides is 1. The standard InChI is InChI=1S/C22H24N6O3/c1-14-19(21(30)25-16-5-3-11-23-13-16)20(15-7-9-17(31-2)10-8-15)28-22(24-14)26-18(27-28)6-4-12-29/h3,5,7-11,13,20,29H,4,6,12H2,1-2H3,(H,25,30)(H,24,26,27)/t20-/m0/s1. The molecule has 2 aromatic heterocycles. The normalized spacial score (nSPS) is 15.3. The lowest BCUT2D eigenvalue weighted by molar-refractivity contribution is -0.113. The van der Waals surface area contributed by atoms with Gasteiger partial charge in [0.25, 0.3) is 5.91 Å². The van der Waals surface area contributed by atoms with E-state index in [2.05, 4.69) is 25.7 Å². The van der Waals surface area contributed by atoms with Gasteiger partial charge in [0.05, 0.1) is 24.6 Å². The predicted octanol–water partition coefficient (Wildman–Crippen LogP) is 2.53. The van der Waals surface area contributed by atoms with Gasteiger partial charge >= 0.3 is 0 Å². The van der Waals surface area contributed by atoms with E-state index in [-0.39, 0.29) is 12.5 Å². The maximum atomic E-state index is 13.3. The second kappa shape index (κ2) is 8.97. The lowest BCUT2D eigenvalue weighted by Gasteiger charge is -2.28. The minimum absolute atomic E-state index is 0.0647. The van der Waals surface area contributed by atoms with Crippen molar-refractivity contribution in [3.63, 3.8) is 0 Å². The fourth-order valence-electron chi connectivity index (χ4n) is 3.56. The molecule has 9 nitrogen and oxygen atoms in total. The molecule has 0 saturated heterocycles. The molecule has 0 aliphatic carbocycles. The van der Waals surface area contributed by atoms with Crippen LogP contribution in [0.25, 0.3) is 0 Å². The number of carbonyl (C=O) groups is 1. The molecule has 3 aromatic rings. The summed E-state index contributed by atoms with van der Waals surface area (Å²) >= 11 is 0. The van der Waals surface area contributed by atoms with E-state index < -0.39 is 6.04 Å². The van der Waals surface area contributed by atoms with Crippen LogP contribution >= 0.6 is 0 Å². The van der Waals surface area contributed by atoms with Gasteiger partial charge in [0.2, 0.25) is 5.95 Å². The lowest BCUT2D eigenvalue weighted by Crippen LogP contribution is -2.31. The van der Waals surface area contributed by atoms with Crippen molar-refractivity contribution >= 4 is 17.5 Å². The number of ether oxygens (including phenoxy) is 1. The summed E-state index contributed by atoms with van der Waals surface area (Å²) < 4.78 is 7.00. The first-order valence-electron chi connectivity index (χ1n) is 10.00. The number of pyridine rings is 1. The van der Waals surface area contributed by atoms with Crippen LogP contribution in [-0.2, 0) is 11.2 Å². The Kier molecular flexibility index (Phi) is 5.94. The van der Waals surface area contributed by atoms with E-state index >= 15 is 0 Å². The van der Waals surface area contributed by atoms with Crippen LogP contribution in [0.5, 0.6) is 5.75 Å². The van der Waals surface area contributed by atoms with E-state index in [0.717, 1.165) is 11.3 Å². The smallest absolute Gasteiger partial charge is 0.255 e. The van der Waals surface area contributed by atoms with Crippen LogP contribution in [0.2, 0.25) is 0 Å². The number of benzene rings is 1. The van der Waals surface area contributed by atoms with Gasteiger partial charge in [-0.25, -0.2) is 4.68 Å². The van der Waals surface area contributed by atoms with Gasteiger partial charge in [0.1, 0.15) is 11.8 Å². The molecule has 1 aromatic carbocycles. The first-order valence-corrected chi connectivity index (χ1v) is 10.00. The number of anilines is 2. The van der Waals surface area contributed by atoms with E-state index in [0.29, 0.717) is 41.6 Å². The zero-order valence-electron chi connectivity index (χ0n) is 17.4. The second-order valence-corrected chi connectivity index (χ2v) is 7.16. The van der Waals surface area contributed by atoms with Crippen molar-refractivity contribution in [3.05, 3.63) is 71.4 Å². The highest BCUT2D eigenvalue weighted by Gasteiger charge is 2.34. The number of aryl methyl sites for hydroxylation is 1. The molecule has 31 heavy (non-hydrogen) atoms.